The highest BCUT2D eigenvalue weighted by atomic mass is 32.1. The van der Waals surface area contributed by atoms with Crippen LogP contribution in [0.2, 0.25) is 0 Å². The molecule has 0 bridgehead atoms. The van der Waals surface area contributed by atoms with Crippen molar-refractivity contribution in [1.29, 1.82) is 0 Å². The highest BCUT2D eigenvalue weighted by Gasteiger charge is 2.65. The average molecular weight is 1960 g/mol. The zero-order valence-electron chi connectivity index (χ0n) is 85.7. The molecule has 30 atom stereocenters. The van der Waals surface area contributed by atoms with Crippen molar-refractivity contribution in [1.82, 2.24) is 37.9 Å². The van der Waals surface area contributed by atoms with Gasteiger partial charge in [0.15, 0.2) is 16.4 Å². The Labute approximate surface area is 854 Å². The Balaban J connectivity index is 0.0000000936. The second-order valence-electron chi connectivity index (χ2n) is 51.5. The molecular formula is C125H156N8O8S2. The first kappa shape index (κ1) is 95.6. The van der Waals surface area contributed by atoms with Gasteiger partial charge in [0, 0.05) is 40.2 Å². The Morgan fingerprint density at radius 3 is 1.15 bits per heavy atom. The van der Waals surface area contributed by atoms with Crippen LogP contribution in [0.3, 0.4) is 0 Å². The van der Waals surface area contributed by atoms with Crippen LogP contribution in [0.25, 0.3) is 66.1 Å². The van der Waals surface area contributed by atoms with Gasteiger partial charge in [-0.15, -0.1) is 11.3 Å². The van der Waals surface area contributed by atoms with Gasteiger partial charge in [-0.3, -0.25) is 8.80 Å². The molecule has 15 unspecified atom stereocenters. The summed E-state index contributed by atoms with van der Waals surface area (Å²) in [5, 5.41) is 60.0. The summed E-state index contributed by atoms with van der Waals surface area (Å²) in [6.07, 6.45) is 78.2. The van der Waals surface area contributed by atoms with Crippen LogP contribution in [0, 0.1) is 143 Å². The maximum absolute atomic E-state index is 10.2. The number of rotatable bonds is 5. The van der Waals surface area contributed by atoms with Gasteiger partial charge in [0.05, 0.1) is 70.9 Å². The second-order valence-corrected chi connectivity index (χ2v) is 53.1. The van der Waals surface area contributed by atoms with Gasteiger partial charge in [0.25, 0.3) is 0 Å². The number of benzene rings is 2. The molecular weight excluding hydrogens is 1810 g/mol. The molecule has 16 nitrogen and oxygen atoms in total. The average Bonchev–Trinajstić information content (AvgIpc) is 1.62. The minimum Gasteiger partial charge on any atom is -0.432 e. The number of hydrogen-bond donors (Lipinski definition) is 5. The zero-order valence-corrected chi connectivity index (χ0v) is 87.4. The molecule has 30 rings (SSSR count). The monoisotopic (exact) mass is 1960 g/mol. The van der Waals surface area contributed by atoms with Crippen LogP contribution in [0.1, 0.15) is 329 Å². The van der Waals surface area contributed by atoms with E-state index in [1.807, 2.05) is 41.4 Å². The quantitative estimate of drug-likeness (QED) is 0.101. The van der Waals surface area contributed by atoms with Gasteiger partial charge in [-0.25, -0.2) is 15.0 Å². The summed E-state index contributed by atoms with van der Waals surface area (Å²) in [7, 11) is 0. The Bertz CT molecular complexity index is 6410. The van der Waals surface area contributed by atoms with E-state index in [0.717, 1.165) is 199 Å². The first-order chi connectivity index (χ1) is 68.5. The number of imidazole rings is 3. The molecule has 5 N–H and O–H groups in total. The lowest BCUT2D eigenvalue weighted by molar-refractivity contribution is -0.0241. The van der Waals surface area contributed by atoms with Crippen molar-refractivity contribution < 1.29 is 39.0 Å². The minimum absolute atomic E-state index is 0. The number of fused-ring (bicyclic) bond motifs is 30. The SMILES string of the molecule is C.C[C@]12CC[C@H](O)CC1=CCC1C2CC[C@]2(C)C(c3cnc4ccon34)=CCC12.C[C@]12CC[C@H](O)CC1=CCC1C2CC[C@]2(C)C(c3cnc4occn34)=CCC12.C[C@]12CC[C@H](O)CC1=CCC1C2CC[C@]2(C)C(c3cnc4sccn34)=CCC12.C[C@]12CC[C@H](O)CC1=CCC1C2CC[C@]2(C)C(c3onc4ccccc34)=CCC12.C[C@]12CC[C@H](O)CC1=CCC1C2CC[C@]2(C)C(c3snc4ccccc34)=CCC12. The molecule has 0 saturated heterocycles. The Kier molecular flexibility index (Phi) is 23.5. The minimum atomic E-state index is -0.126. The second kappa shape index (κ2) is 35.2. The van der Waals surface area contributed by atoms with E-state index in [1.165, 1.54) is 173 Å². The maximum Gasteiger partial charge on any atom is 0.306 e. The number of aliphatic hydroxyl groups excluding tert-OH is 5. The van der Waals surface area contributed by atoms with Gasteiger partial charge < -0.3 is 39.0 Å². The number of aromatic nitrogens is 8. The largest absolute Gasteiger partial charge is 0.432 e. The maximum atomic E-state index is 10.2. The van der Waals surface area contributed by atoms with Crippen LogP contribution >= 0.6 is 22.9 Å². The highest BCUT2D eigenvalue weighted by molar-refractivity contribution is 7.15. The van der Waals surface area contributed by atoms with Crippen LogP contribution in [-0.2, 0) is 0 Å². The molecule has 2 aromatic carbocycles. The van der Waals surface area contributed by atoms with Gasteiger partial charge in [0.1, 0.15) is 23.7 Å². The van der Waals surface area contributed by atoms with Gasteiger partial charge in [-0.2, -0.15) is 8.95 Å². The topological polar surface area (TPSA) is 218 Å². The smallest absolute Gasteiger partial charge is 0.306 e. The van der Waals surface area contributed by atoms with E-state index in [2.05, 4.69) is 213 Å². The Morgan fingerprint density at radius 2 is 0.706 bits per heavy atom. The van der Waals surface area contributed by atoms with Gasteiger partial charge >= 0.3 is 5.84 Å². The molecule has 10 fully saturated rings. The van der Waals surface area contributed by atoms with E-state index in [4.69, 9.17) is 17.8 Å². The molecule has 756 valence electrons. The fourth-order valence-corrected chi connectivity index (χ4v) is 39.6. The Morgan fingerprint density at radius 1 is 0.343 bits per heavy atom. The molecule has 20 aliphatic rings. The normalized spacial score (nSPS) is 41.8. The van der Waals surface area contributed by atoms with Crippen molar-refractivity contribution in [2.45, 2.75) is 332 Å². The lowest BCUT2D eigenvalue weighted by Gasteiger charge is -2.57. The standard InChI is InChI=1S/C26H31NO2.C26H31NOS.2C24H30N2O2.C24H30N2OS.CH4/c2*1-25-13-11-17(28)15-16(25)7-8-18-20-9-10-22(26(20,2)14-12-21(18)25)24-19-5-3-4-6-23(19)27-29-24;1-23-10-7-16(27)13-15(23)3-4-17-18-5-6-20(24(18,2)11-8-19(17)23)21-14-25-22-9-12-28-26(21)22;2*1-23-9-7-16(27)13-15(23)3-4-17-18-5-6-20(24(18,2)10-8-19(17)23)21-14-25-22-26(21)11-12-28-22;/h2*3-7,10,17-18,20-21,28H,8-9,11-15H2,1-2H3;3,6,9,12,14,16-19,27H,4-5,7-8,10-11,13H2,1-2H3;2*3,6,11-12,14,16-19,27H,4-5,7-10,13H2,1-2H3;1H4/t2*17-,18?,20?,21?,25-,26-;3*16-,17?,18?,19?,23-,24-;/m00000./s1. The highest BCUT2D eigenvalue weighted by Crippen LogP contribution is 2.74. The number of hydrogen-bond acceptors (Lipinski definition) is 15. The van der Waals surface area contributed by atoms with Crippen LogP contribution in [0.15, 0.2) is 206 Å². The van der Waals surface area contributed by atoms with Crippen molar-refractivity contribution >= 4 is 89.0 Å². The third-order valence-corrected chi connectivity index (χ3v) is 47.5. The number of oxazole rings is 1. The van der Waals surface area contributed by atoms with E-state index in [1.54, 1.807) is 74.4 Å². The van der Waals surface area contributed by atoms with E-state index in [-0.39, 0.29) is 65.0 Å². The summed E-state index contributed by atoms with van der Waals surface area (Å²) in [5.74, 6) is 12.9. The molecule has 8 heterocycles. The van der Waals surface area contributed by atoms with E-state index < -0.39 is 0 Å². The lowest BCUT2D eigenvalue weighted by atomic mass is 9.47. The van der Waals surface area contributed by atoms with Gasteiger partial charge in [0.2, 0.25) is 0 Å². The molecule has 0 aliphatic heterocycles. The van der Waals surface area contributed by atoms with Gasteiger partial charge in [-0.05, 0) is 420 Å². The third-order valence-electron chi connectivity index (χ3n) is 45.8. The summed E-state index contributed by atoms with van der Waals surface area (Å²) >= 11 is 3.43. The van der Waals surface area contributed by atoms with Gasteiger partial charge in [-0.1, -0.05) is 201 Å². The summed E-state index contributed by atoms with van der Waals surface area (Å²) < 4.78 is 28.2. The third kappa shape index (κ3) is 14.6. The Hall–Kier alpha value is -8.33. The molecule has 0 spiro atoms. The first-order valence-corrected chi connectivity index (χ1v) is 57.5. The molecule has 0 amide bonds. The van der Waals surface area contributed by atoms with Crippen molar-refractivity contribution in [3.63, 3.8) is 0 Å². The number of nitrogens with zero attached hydrogens (tertiary/aromatic N) is 8. The van der Waals surface area contributed by atoms with Crippen molar-refractivity contribution in [3.05, 3.63) is 220 Å². The predicted molar refractivity (Wildman–Crippen MR) is 574 cm³/mol. The van der Waals surface area contributed by atoms with Crippen LogP contribution in [0.4, 0.5) is 0 Å². The first-order valence-electron chi connectivity index (χ1n) is 55.9. The van der Waals surface area contributed by atoms with E-state index in [0.29, 0.717) is 50.7 Å². The van der Waals surface area contributed by atoms with Crippen LogP contribution < -0.4 is 0 Å². The summed E-state index contributed by atoms with van der Waals surface area (Å²) in [5.41, 5.74) is 24.6. The summed E-state index contributed by atoms with van der Waals surface area (Å²) in [6.45, 7) is 25.1. The summed E-state index contributed by atoms with van der Waals surface area (Å²) in [4.78, 5) is 16.2. The number of aliphatic hydroxyl groups is 5. The van der Waals surface area contributed by atoms with Crippen molar-refractivity contribution in [3.8, 4) is 0 Å². The molecule has 143 heavy (non-hydrogen) atoms. The molecule has 18 heteroatoms. The van der Waals surface area contributed by atoms with Crippen molar-refractivity contribution in [2.75, 3.05) is 0 Å². The zero-order chi connectivity index (χ0) is 96.9. The number of allylic oxidation sites excluding steroid dienone is 15. The molecule has 10 aromatic rings. The van der Waals surface area contributed by atoms with E-state index in [9.17, 15) is 25.5 Å². The molecule has 20 aliphatic carbocycles. The lowest BCUT2D eigenvalue weighted by Crippen LogP contribution is -2.49. The predicted octanol–water partition coefficient (Wildman–Crippen LogP) is 29.6. The fraction of sp³-hybridized carbons (Fsp3) is 0.608. The van der Waals surface area contributed by atoms with E-state index >= 15 is 0 Å². The molecule has 0 radical (unpaired) electrons. The van der Waals surface area contributed by atoms with Crippen LogP contribution in [-0.4, -0.2) is 93.9 Å². The molecule has 10 saturated carbocycles. The van der Waals surface area contributed by atoms with Crippen LogP contribution in [0.5, 0.6) is 0 Å². The number of thiazole rings is 1. The summed E-state index contributed by atoms with van der Waals surface area (Å²) in [6, 6.07) is 18.9. The fourth-order valence-electron chi connectivity index (χ4n) is 37.9. The van der Waals surface area contributed by atoms with Crippen molar-refractivity contribution in [2.24, 2.45) is 143 Å². The molecule has 8 aromatic heterocycles.